The number of carbonyl (C=O) groups excluding carboxylic acids is 1. The highest BCUT2D eigenvalue weighted by Gasteiger charge is 2.46. The van der Waals surface area contributed by atoms with Gasteiger partial charge in [0, 0.05) is 5.92 Å². The van der Waals surface area contributed by atoms with Crippen molar-refractivity contribution in [1.29, 1.82) is 0 Å². The Balaban J connectivity index is 2.65. The van der Waals surface area contributed by atoms with E-state index in [0.717, 1.165) is 24.8 Å². The van der Waals surface area contributed by atoms with Gasteiger partial charge in [0.15, 0.2) is 0 Å². The van der Waals surface area contributed by atoms with Crippen molar-refractivity contribution >= 4 is 16.5 Å². The largest absolute Gasteiger partial charge is 0.528 e. The van der Waals surface area contributed by atoms with Gasteiger partial charge in [0.1, 0.15) is 0 Å². The Morgan fingerprint density at radius 1 is 1.04 bits per heavy atom. The summed E-state index contributed by atoms with van der Waals surface area (Å²) in [5.41, 5.74) is 1.66. The summed E-state index contributed by atoms with van der Waals surface area (Å²) in [6.45, 7) is 4.27. The summed E-state index contributed by atoms with van der Waals surface area (Å²) in [5, 5.41) is 0. The van der Waals surface area contributed by atoms with E-state index in [-0.39, 0.29) is 11.9 Å². The van der Waals surface area contributed by atoms with Crippen molar-refractivity contribution in [3.8, 4) is 0 Å². The molecule has 122 valence electrons. The average Bonchev–Trinajstić information content (AvgIpc) is 2.63. The van der Waals surface area contributed by atoms with Gasteiger partial charge in [0.25, 0.3) is 0 Å². The van der Waals surface area contributed by atoms with Crippen LogP contribution in [0, 0.1) is 0 Å². The fourth-order valence-electron chi connectivity index (χ4n) is 3.65. The lowest BCUT2D eigenvalue weighted by atomic mass is 9.64. The van der Waals surface area contributed by atoms with Crippen molar-refractivity contribution in [2.24, 2.45) is 0 Å². The molecule has 0 aliphatic rings. The minimum absolute atomic E-state index is 0.0832. The second-order valence-electron chi connectivity index (χ2n) is 5.93. The van der Waals surface area contributed by atoms with Crippen LogP contribution in [0.5, 0.6) is 0 Å². The molecule has 0 N–H and O–H groups in total. The van der Waals surface area contributed by atoms with E-state index in [9.17, 15) is 4.79 Å². The van der Waals surface area contributed by atoms with Crippen LogP contribution in [0.3, 0.4) is 0 Å². The first-order valence-corrected chi connectivity index (χ1v) is 9.21. The summed E-state index contributed by atoms with van der Waals surface area (Å²) < 4.78 is 5.41. The van der Waals surface area contributed by atoms with Gasteiger partial charge in [-0.15, -0.1) is 0 Å². The molecule has 0 aromatic heterocycles. The number of carbonyl (C=O) groups is 1. The Hall–Kier alpha value is -1.87. The first-order chi connectivity index (χ1) is 11.2. The van der Waals surface area contributed by atoms with Gasteiger partial charge in [-0.05, 0) is 24.0 Å². The number of rotatable bonds is 7. The summed E-state index contributed by atoms with van der Waals surface area (Å²) in [6.07, 6.45) is 2.73. The fourth-order valence-corrected chi connectivity index (χ4v) is 4.01. The van der Waals surface area contributed by atoms with Crippen LogP contribution in [0.4, 0.5) is 0 Å². The topological polar surface area (TPSA) is 26.3 Å². The maximum absolute atomic E-state index is 13.0. The molecule has 2 aromatic carbocycles. The van der Waals surface area contributed by atoms with Crippen LogP contribution in [0.2, 0.25) is 0 Å². The van der Waals surface area contributed by atoms with Crippen LogP contribution in [0.1, 0.15) is 50.2 Å². The third-order valence-corrected chi connectivity index (χ3v) is 5.14. The lowest BCUT2D eigenvalue weighted by molar-refractivity contribution is -0.142. The molecule has 3 heteroatoms. The van der Waals surface area contributed by atoms with E-state index in [1.165, 1.54) is 5.56 Å². The standard InChI is InChI=1S/C20H26O2Si/c1-3-11-18(16-12-7-5-8-13-16)20(4-2,19(21)22-23)17-14-9-6-10-15-17/h5-10,12-15,18H,3-4,11H2,1-2,23H3. The van der Waals surface area contributed by atoms with E-state index in [1.54, 1.807) is 0 Å². The molecule has 0 saturated carbocycles. The molecule has 0 amide bonds. The summed E-state index contributed by atoms with van der Waals surface area (Å²) >= 11 is 0. The second-order valence-corrected chi connectivity index (χ2v) is 6.34. The van der Waals surface area contributed by atoms with Crippen LogP contribution in [-0.4, -0.2) is 16.5 Å². The molecule has 2 aromatic rings. The summed E-state index contributed by atoms with van der Waals surface area (Å²) in [7, 11) is 0.422. The Morgan fingerprint density at radius 2 is 1.61 bits per heavy atom. The minimum atomic E-state index is -0.611. The van der Waals surface area contributed by atoms with Gasteiger partial charge in [-0.1, -0.05) is 80.9 Å². The van der Waals surface area contributed by atoms with Crippen LogP contribution >= 0.6 is 0 Å². The number of hydrogen-bond donors (Lipinski definition) is 0. The van der Waals surface area contributed by atoms with Crippen molar-refractivity contribution in [3.63, 3.8) is 0 Å². The van der Waals surface area contributed by atoms with E-state index >= 15 is 0 Å². The molecule has 23 heavy (non-hydrogen) atoms. The molecule has 2 atom stereocenters. The SMILES string of the molecule is CCCC(c1ccccc1)C(CC)(C(=O)O[SiH3])c1ccccc1. The normalized spacial score (nSPS) is 14.9. The first kappa shape index (κ1) is 17.5. The lowest BCUT2D eigenvalue weighted by Crippen LogP contribution is -2.42. The van der Waals surface area contributed by atoms with Crippen LogP contribution in [0.15, 0.2) is 60.7 Å². The van der Waals surface area contributed by atoms with Gasteiger partial charge < -0.3 is 4.43 Å². The highest BCUT2D eigenvalue weighted by Crippen LogP contribution is 2.45. The van der Waals surface area contributed by atoms with Crippen LogP contribution in [0.25, 0.3) is 0 Å². The van der Waals surface area contributed by atoms with Gasteiger partial charge in [-0.2, -0.15) is 0 Å². The highest BCUT2D eigenvalue weighted by atomic mass is 28.2. The Bertz CT molecular complexity index is 612. The van der Waals surface area contributed by atoms with E-state index in [1.807, 2.05) is 24.3 Å². The molecule has 2 nitrogen and oxygen atoms in total. The molecule has 2 unspecified atom stereocenters. The maximum atomic E-state index is 13.0. The smallest absolute Gasteiger partial charge is 0.303 e. The molecule has 0 aliphatic carbocycles. The first-order valence-electron chi connectivity index (χ1n) is 8.39. The predicted molar refractivity (Wildman–Crippen MR) is 98.5 cm³/mol. The van der Waals surface area contributed by atoms with E-state index in [4.69, 9.17) is 4.43 Å². The fraction of sp³-hybridized carbons (Fsp3) is 0.350. The van der Waals surface area contributed by atoms with Crippen molar-refractivity contribution in [2.45, 2.75) is 44.4 Å². The van der Waals surface area contributed by atoms with E-state index < -0.39 is 5.41 Å². The molecule has 0 aliphatic heterocycles. The van der Waals surface area contributed by atoms with Gasteiger partial charge in [0.2, 0.25) is 10.5 Å². The lowest BCUT2D eigenvalue weighted by Gasteiger charge is -2.39. The summed E-state index contributed by atoms with van der Waals surface area (Å²) in [4.78, 5) is 13.0. The van der Waals surface area contributed by atoms with E-state index in [2.05, 4.69) is 50.2 Å². The van der Waals surface area contributed by atoms with Gasteiger partial charge >= 0.3 is 5.97 Å². The maximum Gasteiger partial charge on any atom is 0.303 e. The quantitative estimate of drug-likeness (QED) is 0.725. The Labute approximate surface area is 142 Å². The zero-order valence-corrected chi connectivity index (χ0v) is 16.3. The zero-order valence-electron chi connectivity index (χ0n) is 14.3. The van der Waals surface area contributed by atoms with Gasteiger partial charge in [-0.25, -0.2) is 0 Å². The third-order valence-electron chi connectivity index (χ3n) is 4.77. The van der Waals surface area contributed by atoms with Gasteiger partial charge in [-0.3, -0.25) is 4.79 Å². The molecule has 0 fully saturated rings. The van der Waals surface area contributed by atoms with Gasteiger partial charge in [0.05, 0.1) is 5.41 Å². The average molecular weight is 327 g/mol. The molecule has 0 saturated heterocycles. The number of benzene rings is 2. The molecule has 0 bridgehead atoms. The molecular weight excluding hydrogens is 300 g/mol. The molecule has 0 heterocycles. The zero-order chi connectivity index (χ0) is 16.7. The van der Waals surface area contributed by atoms with Crippen LogP contribution in [-0.2, 0) is 14.6 Å². The Morgan fingerprint density at radius 3 is 2.09 bits per heavy atom. The van der Waals surface area contributed by atoms with E-state index in [0.29, 0.717) is 10.5 Å². The van der Waals surface area contributed by atoms with Crippen molar-refractivity contribution < 1.29 is 9.22 Å². The number of hydrogen-bond acceptors (Lipinski definition) is 2. The third kappa shape index (κ3) is 3.40. The Kier molecular flexibility index (Phi) is 6.17. The molecule has 0 spiro atoms. The molecule has 0 radical (unpaired) electrons. The summed E-state index contributed by atoms with van der Waals surface area (Å²) in [6, 6.07) is 20.5. The minimum Gasteiger partial charge on any atom is -0.528 e. The van der Waals surface area contributed by atoms with Crippen LogP contribution < -0.4 is 0 Å². The van der Waals surface area contributed by atoms with Crippen molar-refractivity contribution in [2.75, 3.05) is 0 Å². The second kappa shape index (κ2) is 8.11. The molecular formula is C20H26O2Si. The molecule has 2 rings (SSSR count). The monoisotopic (exact) mass is 326 g/mol. The van der Waals surface area contributed by atoms with Crippen molar-refractivity contribution in [1.82, 2.24) is 0 Å². The van der Waals surface area contributed by atoms with Crippen molar-refractivity contribution in [3.05, 3.63) is 71.8 Å². The highest BCUT2D eigenvalue weighted by molar-refractivity contribution is 6.07. The predicted octanol–water partition coefficient (Wildman–Crippen LogP) is 3.74. The summed E-state index contributed by atoms with van der Waals surface area (Å²) in [5.74, 6) is 0.0442.